The van der Waals surface area contributed by atoms with Gasteiger partial charge in [-0.05, 0) is 24.6 Å². The molecule has 28 heavy (non-hydrogen) atoms. The van der Waals surface area contributed by atoms with Crippen LogP contribution >= 0.6 is 0 Å². The Bertz CT molecular complexity index is 1060. The average Bonchev–Trinajstić information content (AvgIpc) is 2.67. The topological polar surface area (TPSA) is 136 Å². The molecular formula is C19H19FN6O2. The van der Waals surface area contributed by atoms with Crippen LogP contribution in [-0.4, -0.2) is 27.8 Å². The molecule has 0 saturated heterocycles. The Balaban J connectivity index is 2.00. The van der Waals surface area contributed by atoms with E-state index in [4.69, 9.17) is 11.5 Å². The van der Waals surface area contributed by atoms with E-state index in [9.17, 15) is 14.0 Å². The second-order valence-corrected chi connectivity index (χ2v) is 6.13. The van der Waals surface area contributed by atoms with Crippen LogP contribution in [0.3, 0.4) is 0 Å². The number of nitrogens with two attached hydrogens (primary N) is 2. The molecule has 8 nitrogen and oxygen atoms in total. The summed E-state index contributed by atoms with van der Waals surface area (Å²) >= 11 is 0. The highest BCUT2D eigenvalue weighted by Gasteiger charge is 2.20. The summed E-state index contributed by atoms with van der Waals surface area (Å²) in [5, 5.41) is 6.46. The van der Waals surface area contributed by atoms with Crippen LogP contribution in [0.5, 0.6) is 0 Å². The lowest BCUT2D eigenvalue weighted by molar-refractivity contribution is -0.118. The SMILES string of the molecule is CCC(Nc1nc(Nc2cnc3ccccc3c2)c(C(N)=O)cc1F)C(N)=O. The largest absolute Gasteiger partial charge is 0.368 e. The molecule has 0 saturated carbocycles. The van der Waals surface area contributed by atoms with Crippen molar-refractivity contribution in [3.05, 3.63) is 54.0 Å². The number of nitrogens with zero attached hydrogens (tertiary/aromatic N) is 2. The summed E-state index contributed by atoms with van der Waals surface area (Å²) in [6.07, 6.45) is 1.90. The van der Waals surface area contributed by atoms with E-state index in [2.05, 4.69) is 20.6 Å². The van der Waals surface area contributed by atoms with Gasteiger partial charge in [-0.25, -0.2) is 9.37 Å². The first-order chi connectivity index (χ1) is 13.4. The van der Waals surface area contributed by atoms with Crippen molar-refractivity contribution in [1.29, 1.82) is 0 Å². The molecule has 9 heteroatoms. The van der Waals surface area contributed by atoms with Crippen LogP contribution in [0.1, 0.15) is 23.7 Å². The molecule has 0 bridgehead atoms. The van der Waals surface area contributed by atoms with Crippen molar-refractivity contribution in [1.82, 2.24) is 9.97 Å². The van der Waals surface area contributed by atoms with Gasteiger partial charge in [-0.3, -0.25) is 14.6 Å². The Labute approximate surface area is 160 Å². The van der Waals surface area contributed by atoms with Crippen molar-refractivity contribution in [2.45, 2.75) is 19.4 Å². The molecule has 0 aliphatic heterocycles. The van der Waals surface area contributed by atoms with Crippen molar-refractivity contribution in [3.8, 4) is 0 Å². The third-order valence-corrected chi connectivity index (χ3v) is 4.16. The number of nitrogens with one attached hydrogen (secondary N) is 2. The fourth-order valence-corrected chi connectivity index (χ4v) is 2.69. The molecule has 0 spiro atoms. The zero-order chi connectivity index (χ0) is 20.3. The van der Waals surface area contributed by atoms with Crippen molar-refractivity contribution < 1.29 is 14.0 Å². The number of amides is 2. The first-order valence-electron chi connectivity index (χ1n) is 8.57. The van der Waals surface area contributed by atoms with Gasteiger partial charge in [-0.15, -0.1) is 0 Å². The number of aromatic nitrogens is 2. The molecule has 2 amide bonds. The second-order valence-electron chi connectivity index (χ2n) is 6.13. The molecule has 2 heterocycles. The summed E-state index contributed by atoms with van der Waals surface area (Å²) in [4.78, 5) is 31.6. The smallest absolute Gasteiger partial charge is 0.252 e. The molecule has 144 valence electrons. The second kappa shape index (κ2) is 7.87. The molecular weight excluding hydrogens is 363 g/mol. The van der Waals surface area contributed by atoms with E-state index in [1.807, 2.05) is 30.3 Å². The Kier molecular flexibility index (Phi) is 5.35. The number of primary amides is 2. The van der Waals surface area contributed by atoms with E-state index in [-0.39, 0.29) is 17.2 Å². The number of hydrogen-bond acceptors (Lipinski definition) is 6. The summed E-state index contributed by atoms with van der Waals surface area (Å²) in [7, 11) is 0. The maximum atomic E-state index is 14.4. The maximum absolute atomic E-state index is 14.4. The fraction of sp³-hybridized carbons (Fsp3) is 0.158. The van der Waals surface area contributed by atoms with Gasteiger partial charge in [0, 0.05) is 5.39 Å². The molecule has 1 aromatic carbocycles. The Morgan fingerprint density at radius 1 is 1.18 bits per heavy atom. The van der Waals surface area contributed by atoms with Crippen LogP contribution < -0.4 is 22.1 Å². The zero-order valence-electron chi connectivity index (χ0n) is 15.1. The lowest BCUT2D eigenvalue weighted by Crippen LogP contribution is -2.35. The Morgan fingerprint density at radius 3 is 2.61 bits per heavy atom. The number of rotatable bonds is 7. The standard InChI is InChI=1S/C19H19FN6O2/c1-2-14(17(22)28)25-19-13(20)8-12(16(21)27)18(26-19)24-11-7-10-5-3-4-6-15(10)23-9-11/h3-9,14H,2H2,1H3,(H2,21,27)(H2,22,28)(H2,24,25,26). The van der Waals surface area contributed by atoms with Gasteiger partial charge in [-0.1, -0.05) is 25.1 Å². The quantitative estimate of drug-likeness (QED) is 0.495. The Hall–Kier alpha value is -3.75. The number of anilines is 3. The van der Waals surface area contributed by atoms with E-state index in [1.54, 1.807) is 13.1 Å². The summed E-state index contributed by atoms with van der Waals surface area (Å²) in [5.74, 6) is -2.50. The summed E-state index contributed by atoms with van der Waals surface area (Å²) in [6.45, 7) is 1.72. The van der Waals surface area contributed by atoms with Gasteiger partial charge >= 0.3 is 0 Å². The predicted molar refractivity (Wildman–Crippen MR) is 105 cm³/mol. The minimum absolute atomic E-state index is 0.0350. The van der Waals surface area contributed by atoms with Gasteiger partial charge < -0.3 is 22.1 Å². The molecule has 0 radical (unpaired) electrons. The van der Waals surface area contributed by atoms with Gasteiger partial charge in [0.2, 0.25) is 5.91 Å². The molecule has 0 aliphatic rings. The maximum Gasteiger partial charge on any atom is 0.252 e. The molecule has 0 aliphatic carbocycles. The van der Waals surface area contributed by atoms with E-state index in [0.29, 0.717) is 12.1 Å². The highest BCUT2D eigenvalue weighted by atomic mass is 19.1. The fourth-order valence-electron chi connectivity index (χ4n) is 2.69. The predicted octanol–water partition coefficient (Wildman–Crippen LogP) is 2.29. The number of carbonyl (C=O) groups excluding carboxylic acids is 2. The van der Waals surface area contributed by atoms with Gasteiger partial charge in [-0.2, -0.15) is 0 Å². The van der Waals surface area contributed by atoms with Crippen molar-refractivity contribution in [2.24, 2.45) is 11.5 Å². The lowest BCUT2D eigenvalue weighted by Gasteiger charge is -2.17. The van der Waals surface area contributed by atoms with E-state index >= 15 is 0 Å². The van der Waals surface area contributed by atoms with Crippen LogP contribution in [0.15, 0.2) is 42.6 Å². The van der Waals surface area contributed by atoms with Crippen LogP contribution in [-0.2, 0) is 4.79 Å². The minimum atomic E-state index is -0.851. The molecule has 2 aromatic heterocycles. The van der Waals surface area contributed by atoms with Gasteiger partial charge in [0.15, 0.2) is 11.6 Å². The number of hydrogen-bond donors (Lipinski definition) is 4. The van der Waals surface area contributed by atoms with E-state index < -0.39 is 23.7 Å². The number of pyridine rings is 2. The van der Waals surface area contributed by atoms with E-state index in [0.717, 1.165) is 17.0 Å². The third kappa shape index (κ3) is 3.98. The number of fused-ring (bicyclic) bond motifs is 1. The highest BCUT2D eigenvalue weighted by Crippen LogP contribution is 2.25. The first-order valence-corrected chi connectivity index (χ1v) is 8.57. The van der Waals surface area contributed by atoms with Gasteiger partial charge in [0.1, 0.15) is 11.9 Å². The van der Waals surface area contributed by atoms with Gasteiger partial charge in [0.05, 0.1) is 23.0 Å². The van der Waals surface area contributed by atoms with Crippen molar-refractivity contribution in [3.63, 3.8) is 0 Å². The number of halogens is 1. The summed E-state index contributed by atoms with van der Waals surface area (Å²) < 4.78 is 14.4. The normalized spacial score (nSPS) is 11.8. The molecule has 6 N–H and O–H groups in total. The van der Waals surface area contributed by atoms with Gasteiger partial charge in [0.25, 0.3) is 5.91 Å². The molecule has 1 unspecified atom stereocenters. The van der Waals surface area contributed by atoms with Crippen molar-refractivity contribution >= 4 is 40.0 Å². The van der Waals surface area contributed by atoms with Crippen LogP contribution in [0.2, 0.25) is 0 Å². The van der Waals surface area contributed by atoms with Crippen LogP contribution in [0, 0.1) is 5.82 Å². The number of carbonyl (C=O) groups is 2. The van der Waals surface area contributed by atoms with E-state index in [1.165, 1.54) is 0 Å². The summed E-state index contributed by atoms with van der Waals surface area (Å²) in [6, 6.07) is 9.45. The third-order valence-electron chi connectivity index (χ3n) is 4.16. The van der Waals surface area contributed by atoms with Crippen molar-refractivity contribution in [2.75, 3.05) is 10.6 Å². The van der Waals surface area contributed by atoms with Crippen LogP contribution in [0.25, 0.3) is 10.9 Å². The molecule has 1 atom stereocenters. The average molecular weight is 382 g/mol. The monoisotopic (exact) mass is 382 g/mol. The number of benzene rings is 1. The molecule has 3 rings (SSSR count). The highest BCUT2D eigenvalue weighted by molar-refractivity contribution is 5.99. The number of para-hydroxylation sites is 1. The van der Waals surface area contributed by atoms with Crippen LogP contribution in [0.4, 0.5) is 21.7 Å². The first kappa shape index (κ1) is 19.0. The lowest BCUT2D eigenvalue weighted by atomic mass is 10.2. The minimum Gasteiger partial charge on any atom is -0.368 e. The molecule has 0 fully saturated rings. The molecule has 3 aromatic rings. The zero-order valence-corrected chi connectivity index (χ0v) is 15.1. The Morgan fingerprint density at radius 2 is 1.93 bits per heavy atom. The summed E-state index contributed by atoms with van der Waals surface area (Å²) in [5.41, 5.74) is 11.8.